The average molecular weight is 247 g/mol. The Hall–Kier alpha value is -1.46. The summed E-state index contributed by atoms with van der Waals surface area (Å²) < 4.78 is 14.9. The highest BCUT2D eigenvalue weighted by molar-refractivity contribution is 6.32. The summed E-state index contributed by atoms with van der Waals surface area (Å²) in [7, 11) is 2.86. The van der Waals surface area contributed by atoms with Crippen molar-refractivity contribution in [3.05, 3.63) is 22.7 Å². The maximum absolute atomic E-state index is 10.8. The minimum absolute atomic E-state index is 0.00248. The number of rotatable bonds is 5. The van der Waals surface area contributed by atoms with Gasteiger partial charge in [-0.2, -0.15) is 0 Å². The molecule has 0 radical (unpaired) electrons. The number of ether oxygens (including phenoxy) is 3. The maximum Gasteiger partial charge on any atom is 0.335 e. The molecule has 5 nitrogen and oxygen atoms in total. The number of hydrogen-bond acceptors (Lipinski definition) is 4. The lowest BCUT2D eigenvalue weighted by atomic mass is 10.2. The van der Waals surface area contributed by atoms with Crippen molar-refractivity contribution in [2.75, 3.05) is 21.0 Å². The summed E-state index contributed by atoms with van der Waals surface area (Å²) in [4.78, 5) is 10.8. The van der Waals surface area contributed by atoms with Gasteiger partial charge in [-0.25, -0.2) is 4.79 Å². The van der Waals surface area contributed by atoms with Gasteiger partial charge in [-0.05, 0) is 12.1 Å². The number of carboxylic acids is 1. The van der Waals surface area contributed by atoms with E-state index in [1.165, 1.54) is 26.4 Å². The standard InChI is InChI=1S/C10H11ClO5/c1-14-5-16-9-7(11)3-6(10(12)13)4-8(9)15-2/h3-4H,5H2,1-2H3,(H,12,13). The number of hydrogen-bond donors (Lipinski definition) is 1. The summed E-state index contributed by atoms with van der Waals surface area (Å²) in [6.45, 7) is 0.00248. The van der Waals surface area contributed by atoms with E-state index in [4.69, 9.17) is 30.9 Å². The molecule has 1 aromatic carbocycles. The average Bonchev–Trinajstić information content (AvgIpc) is 2.26. The van der Waals surface area contributed by atoms with Crippen LogP contribution in [0.15, 0.2) is 12.1 Å². The van der Waals surface area contributed by atoms with E-state index in [2.05, 4.69) is 0 Å². The topological polar surface area (TPSA) is 65.0 Å². The molecule has 0 bridgehead atoms. The summed E-state index contributed by atoms with van der Waals surface area (Å²) in [5.41, 5.74) is 0.0339. The molecule has 0 saturated carbocycles. The molecule has 16 heavy (non-hydrogen) atoms. The van der Waals surface area contributed by atoms with Crippen LogP contribution in [0.25, 0.3) is 0 Å². The van der Waals surface area contributed by atoms with Crippen LogP contribution in [0.2, 0.25) is 5.02 Å². The Balaban J connectivity index is 3.12. The quantitative estimate of drug-likeness (QED) is 0.806. The minimum Gasteiger partial charge on any atom is -0.493 e. The number of halogens is 1. The van der Waals surface area contributed by atoms with Crippen molar-refractivity contribution in [1.82, 2.24) is 0 Å². The molecular weight excluding hydrogens is 236 g/mol. The Morgan fingerprint density at radius 2 is 2.12 bits per heavy atom. The van der Waals surface area contributed by atoms with Gasteiger partial charge in [0.1, 0.15) is 0 Å². The first-order valence-electron chi connectivity index (χ1n) is 4.32. The van der Waals surface area contributed by atoms with Crippen molar-refractivity contribution in [3.8, 4) is 11.5 Å². The Labute approximate surface area is 97.5 Å². The molecule has 6 heteroatoms. The maximum atomic E-state index is 10.8. The molecular formula is C10H11ClO5. The van der Waals surface area contributed by atoms with Gasteiger partial charge in [0.05, 0.1) is 17.7 Å². The van der Waals surface area contributed by atoms with Crippen molar-refractivity contribution in [2.24, 2.45) is 0 Å². The summed E-state index contributed by atoms with van der Waals surface area (Å²) in [6, 6.07) is 2.62. The van der Waals surface area contributed by atoms with Gasteiger partial charge in [-0.3, -0.25) is 0 Å². The first-order valence-corrected chi connectivity index (χ1v) is 4.70. The molecule has 0 aliphatic heterocycles. The highest BCUT2D eigenvalue weighted by Gasteiger charge is 2.15. The fourth-order valence-corrected chi connectivity index (χ4v) is 1.37. The van der Waals surface area contributed by atoms with Crippen molar-refractivity contribution in [3.63, 3.8) is 0 Å². The summed E-state index contributed by atoms with van der Waals surface area (Å²) in [5.74, 6) is -0.573. The third kappa shape index (κ3) is 2.77. The minimum atomic E-state index is -1.08. The molecule has 0 atom stereocenters. The smallest absolute Gasteiger partial charge is 0.335 e. The van der Waals surface area contributed by atoms with Gasteiger partial charge in [-0.1, -0.05) is 11.6 Å². The number of aromatic carboxylic acids is 1. The van der Waals surface area contributed by atoms with E-state index in [1.54, 1.807) is 0 Å². The van der Waals surface area contributed by atoms with Gasteiger partial charge in [-0.15, -0.1) is 0 Å². The van der Waals surface area contributed by atoms with Crippen LogP contribution in [0, 0.1) is 0 Å². The summed E-state index contributed by atoms with van der Waals surface area (Å²) in [5, 5.41) is 8.98. The van der Waals surface area contributed by atoms with Gasteiger partial charge in [0.2, 0.25) is 0 Å². The molecule has 0 spiro atoms. The van der Waals surface area contributed by atoms with Crippen LogP contribution in [0.5, 0.6) is 11.5 Å². The van der Waals surface area contributed by atoms with E-state index in [9.17, 15) is 4.79 Å². The Morgan fingerprint density at radius 1 is 1.44 bits per heavy atom. The van der Waals surface area contributed by atoms with Crippen LogP contribution in [-0.2, 0) is 4.74 Å². The molecule has 1 N–H and O–H groups in total. The third-order valence-electron chi connectivity index (χ3n) is 1.80. The largest absolute Gasteiger partial charge is 0.493 e. The highest BCUT2D eigenvalue weighted by atomic mass is 35.5. The first-order chi connectivity index (χ1) is 7.60. The van der Waals surface area contributed by atoms with Crippen molar-refractivity contribution in [2.45, 2.75) is 0 Å². The van der Waals surface area contributed by atoms with Gasteiger partial charge in [0, 0.05) is 7.11 Å². The van der Waals surface area contributed by atoms with Crippen LogP contribution in [0.1, 0.15) is 10.4 Å². The number of carbonyl (C=O) groups is 1. The van der Waals surface area contributed by atoms with E-state index in [1.807, 2.05) is 0 Å². The van der Waals surface area contributed by atoms with E-state index in [0.717, 1.165) is 0 Å². The van der Waals surface area contributed by atoms with Gasteiger partial charge in [0.15, 0.2) is 18.3 Å². The normalized spacial score (nSPS) is 9.94. The fraction of sp³-hybridized carbons (Fsp3) is 0.300. The lowest BCUT2D eigenvalue weighted by molar-refractivity contribution is 0.0492. The summed E-state index contributed by atoms with van der Waals surface area (Å²) in [6.07, 6.45) is 0. The van der Waals surface area contributed by atoms with Crippen LogP contribution in [-0.4, -0.2) is 32.1 Å². The van der Waals surface area contributed by atoms with Crippen LogP contribution < -0.4 is 9.47 Å². The van der Waals surface area contributed by atoms with E-state index in [-0.39, 0.29) is 28.9 Å². The Morgan fingerprint density at radius 3 is 2.62 bits per heavy atom. The second-order valence-electron chi connectivity index (χ2n) is 2.85. The van der Waals surface area contributed by atoms with Crippen molar-refractivity contribution >= 4 is 17.6 Å². The molecule has 0 aliphatic carbocycles. The monoisotopic (exact) mass is 246 g/mol. The zero-order chi connectivity index (χ0) is 12.1. The fourth-order valence-electron chi connectivity index (χ4n) is 1.10. The molecule has 1 aromatic rings. The zero-order valence-corrected chi connectivity index (χ0v) is 9.58. The zero-order valence-electron chi connectivity index (χ0n) is 8.82. The summed E-state index contributed by atoms with van der Waals surface area (Å²) >= 11 is 5.87. The SMILES string of the molecule is COCOc1c(Cl)cc(C(=O)O)cc1OC. The van der Waals surface area contributed by atoms with Crippen LogP contribution in [0.3, 0.4) is 0 Å². The molecule has 0 aliphatic rings. The molecule has 0 saturated heterocycles. The second kappa shape index (κ2) is 5.58. The molecule has 0 fully saturated rings. The van der Waals surface area contributed by atoms with Crippen molar-refractivity contribution in [1.29, 1.82) is 0 Å². The number of carboxylic acid groups (broad SMARTS) is 1. The van der Waals surface area contributed by atoms with Gasteiger partial charge < -0.3 is 19.3 Å². The Kier molecular flexibility index (Phi) is 4.39. The molecule has 0 unspecified atom stereocenters. The van der Waals surface area contributed by atoms with E-state index in [0.29, 0.717) is 0 Å². The molecule has 0 amide bonds. The van der Waals surface area contributed by atoms with Crippen LogP contribution >= 0.6 is 11.6 Å². The molecule has 0 heterocycles. The van der Waals surface area contributed by atoms with E-state index < -0.39 is 5.97 Å². The predicted octanol–water partition coefficient (Wildman–Crippen LogP) is 2.03. The highest BCUT2D eigenvalue weighted by Crippen LogP contribution is 2.36. The predicted molar refractivity (Wildman–Crippen MR) is 57.5 cm³/mol. The Bertz CT molecular complexity index is 391. The lowest BCUT2D eigenvalue weighted by Gasteiger charge is -2.12. The van der Waals surface area contributed by atoms with Crippen LogP contribution in [0.4, 0.5) is 0 Å². The first kappa shape index (κ1) is 12.6. The lowest BCUT2D eigenvalue weighted by Crippen LogP contribution is -2.03. The number of methoxy groups -OCH3 is 2. The second-order valence-corrected chi connectivity index (χ2v) is 3.25. The van der Waals surface area contributed by atoms with Gasteiger partial charge in [0.25, 0.3) is 0 Å². The van der Waals surface area contributed by atoms with Crippen molar-refractivity contribution < 1.29 is 24.1 Å². The third-order valence-corrected chi connectivity index (χ3v) is 2.08. The molecule has 88 valence electrons. The van der Waals surface area contributed by atoms with E-state index >= 15 is 0 Å². The van der Waals surface area contributed by atoms with Gasteiger partial charge >= 0.3 is 5.97 Å². The molecule has 1 rings (SSSR count). The number of benzene rings is 1. The molecule has 0 aromatic heterocycles.